The maximum Gasteiger partial charge on any atom is 0.202 e. The number of hydrogen-bond acceptors (Lipinski definition) is 11. The van der Waals surface area contributed by atoms with Crippen LogP contribution >= 0.6 is 0 Å². The molecule has 1 aliphatic carbocycles. The molecule has 0 spiro atoms. The number of phenols is 2. The third-order valence-corrected chi connectivity index (χ3v) is 5.50. The van der Waals surface area contributed by atoms with E-state index in [0.717, 1.165) is 12.1 Å². The summed E-state index contributed by atoms with van der Waals surface area (Å²) < 4.78 is 16.7. The van der Waals surface area contributed by atoms with Crippen LogP contribution in [0, 0.1) is 0 Å². The minimum Gasteiger partial charge on any atom is -0.508 e. The van der Waals surface area contributed by atoms with E-state index in [1.165, 1.54) is 0 Å². The van der Waals surface area contributed by atoms with Crippen molar-refractivity contribution in [2.75, 3.05) is 6.61 Å². The molecule has 0 radical (unpaired) electrons. The van der Waals surface area contributed by atoms with E-state index < -0.39 is 60.7 Å². The average Bonchev–Trinajstić information content (AvgIpc) is 2.69. The molecule has 0 bridgehead atoms. The normalized spacial score (nSPS) is 34.1. The van der Waals surface area contributed by atoms with Crippen LogP contribution in [-0.2, 0) is 9.47 Å². The average molecular weight is 426 g/mol. The molecule has 0 saturated carbocycles. The predicted octanol–water partition coefficient (Wildman–Crippen LogP) is -1.11. The van der Waals surface area contributed by atoms with Gasteiger partial charge in [-0.05, 0) is 12.8 Å². The molecule has 1 aromatic heterocycles. The van der Waals surface area contributed by atoms with Gasteiger partial charge in [-0.15, -0.1) is 0 Å². The Labute approximate surface area is 169 Å². The summed E-state index contributed by atoms with van der Waals surface area (Å²) >= 11 is 0. The third kappa shape index (κ3) is 3.34. The van der Waals surface area contributed by atoms with E-state index in [1.807, 2.05) is 0 Å². The lowest BCUT2D eigenvalue weighted by atomic mass is 9.90. The standard InChI is InChI=1S/C19H22O11/c20-5-11-14(24)16(26)17(27)19(30-11)29-9-2-1-7(22)13-15(25)12-8(23)3-6(21)4-10(12)28-18(9)13/h3-4,7,9,11,14,16-17,19-24,26-27H,1-2,5H2. The van der Waals surface area contributed by atoms with E-state index in [-0.39, 0.29) is 40.9 Å². The molecule has 11 nitrogen and oxygen atoms in total. The number of benzene rings is 1. The molecule has 7 atom stereocenters. The van der Waals surface area contributed by atoms with Gasteiger partial charge in [-0.3, -0.25) is 4.79 Å². The Morgan fingerprint density at radius 1 is 1.03 bits per heavy atom. The second-order valence-electron chi connectivity index (χ2n) is 7.46. The van der Waals surface area contributed by atoms with Crippen LogP contribution in [0.3, 0.4) is 0 Å². The summed E-state index contributed by atoms with van der Waals surface area (Å²) in [5.74, 6) is -0.926. The lowest BCUT2D eigenvalue weighted by Gasteiger charge is -2.41. The molecule has 0 amide bonds. The van der Waals surface area contributed by atoms with Gasteiger partial charge in [0.05, 0.1) is 18.3 Å². The van der Waals surface area contributed by atoms with Crippen molar-refractivity contribution in [3.63, 3.8) is 0 Å². The molecule has 7 N–H and O–H groups in total. The number of ether oxygens (including phenoxy) is 2. The SMILES string of the molecule is O=c1c2c(oc3cc(O)cc(O)c13)C(OC1OC(CO)C(O)C(O)C1O)CCC2O. The van der Waals surface area contributed by atoms with E-state index in [9.17, 15) is 40.5 Å². The minimum absolute atomic E-state index is 0.0757. The second-order valence-corrected chi connectivity index (χ2v) is 7.46. The topological polar surface area (TPSA) is 190 Å². The third-order valence-electron chi connectivity index (χ3n) is 5.50. The van der Waals surface area contributed by atoms with Crippen LogP contribution in [0.1, 0.15) is 36.4 Å². The first kappa shape index (κ1) is 21.0. The zero-order valence-corrected chi connectivity index (χ0v) is 15.6. The largest absolute Gasteiger partial charge is 0.508 e. The van der Waals surface area contributed by atoms with Gasteiger partial charge >= 0.3 is 0 Å². The van der Waals surface area contributed by atoms with Gasteiger partial charge < -0.3 is 49.6 Å². The summed E-state index contributed by atoms with van der Waals surface area (Å²) in [6.45, 7) is -0.636. The molecule has 1 aliphatic heterocycles. The summed E-state index contributed by atoms with van der Waals surface area (Å²) in [7, 11) is 0. The van der Waals surface area contributed by atoms with Crippen molar-refractivity contribution in [3.8, 4) is 11.5 Å². The van der Waals surface area contributed by atoms with Gasteiger partial charge in [-0.2, -0.15) is 0 Å². The summed E-state index contributed by atoms with van der Waals surface area (Å²) in [6.07, 6.45) is -9.43. The van der Waals surface area contributed by atoms with Crippen LogP contribution in [0.2, 0.25) is 0 Å². The summed E-state index contributed by atoms with van der Waals surface area (Å²) in [6, 6.07) is 2.10. The van der Waals surface area contributed by atoms with E-state index in [0.29, 0.717) is 0 Å². The van der Waals surface area contributed by atoms with E-state index in [2.05, 4.69) is 0 Å². The smallest absolute Gasteiger partial charge is 0.202 e. The summed E-state index contributed by atoms with van der Waals surface area (Å²) in [5, 5.41) is 69.2. The van der Waals surface area contributed by atoms with Crippen molar-refractivity contribution in [2.45, 2.75) is 55.8 Å². The van der Waals surface area contributed by atoms with Crippen LogP contribution in [-0.4, -0.2) is 73.1 Å². The number of aromatic hydroxyl groups is 2. The van der Waals surface area contributed by atoms with Gasteiger partial charge in [0.25, 0.3) is 0 Å². The van der Waals surface area contributed by atoms with E-state index >= 15 is 0 Å². The summed E-state index contributed by atoms with van der Waals surface area (Å²) in [5.41, 5.74) is -0.963. The highest BCUT2D eigenvalue weighted by molar-refractivity contribution is 5.85. The van der Waals surface area contributed by atoms with Crippen LogP contribution < -0.4 is 5.43 Å². The van der Waals surface area contributed by atoms with Crippen molar-refractivity contribution in [1.82, 2.24) is 0 Å². The van der Waals surface area contributed by atoms with E-state index in [4.69, 9.17) is 13.9 Å². The van der Waals surface area contributed by atoms with Gasteiger partial charge in [0, 0.05) is 12.1 Å². The Balaban J connectivity index is 1.74. The maximum absolute atomic E-state index is 12.9. The molecular weight excluding hydrogens is 404 g/mol. The highest BCUT2D eigenvalue weighted by Crippen LogP contribution is 2.41. The zero-order chi connectivity index (χ0) is 21.7. The van der Waals surface area contributed by atoms with Crippen molar-refractivity contribution in [1.29, 1.82) is 0 Å². The van der Waals surface area contributed by atoms with Gasteiger partial charge in [0.1, 0.15) is 58.7 Å². The lowest BCUT2D eigenvalue weighted by molar-refractivity contribution is -0.315. The lowest BCUT2D eigenvalue weighted by Crippen LogP contribution is -2.59. The second kappa shape index (κ2) is 7.78. The number of rotatable bonds is 3. The molecule has 2 heterocycles. The van der Waals surface area contributed by atoms with Gasteiger partial charge in [-0.25, -0.2) is 0 Å². The molecule has 2 aliphatic rings. The molecule has 4 rings (SSSR count). The molecule has 1 fully saturated rings. The van der Waals surface area contributed by atoms with Gasteiger partial charge in [0.15, 0.2) is 6.29 Å². The fraction of sp³-hybridized carbons (Fsp3) is 0.526. The van der Waals surface area contributed by atoms with Gasteiger partial charge in [-0.1, -0.05) is 0 Å². The minimum atomic E-state index is -1.65. The highest BCUT2D eigenvalue weighted by atomic mass is 16.7. The number of fused-ring (bicyclic) bond motifs is 2. The van der Waals surface area contributed by atoms with Crippen molar-refractivity contribution < 1.29 is 49.6 Å². The molecule has 1 aromatic carbocycles. The molecule has 11 heteroatoms. The van der Waals surface area contributed by atoms with Crippen molar-refractivity contribution in [3.05, 3.63) is 33.7 Å². The fourth-order valence-corrected chi connectivity index (χ4v) is 3.93. The first-order valence-corrected chi connectivity index (χ1v) is 9.39. The van der Waals surface area contributed by atoms with E-state index in [1.54, 1.807) is 0 Å². The van der Waals surface area contributed by atoms with Gasteiger partial charge in [0.2, 0.25) is 5.43 Å². The number of phenolic OH excluding ortho intramolecular Hbond substituents is 2. The maximum atomic E-state index is 12.9. The monoisotopic (exact) mass is 426 g/mol. The van der Waals surface area contributed by atoms with Crippen molar-refractivity contribution >= 4 is 11.0 Å². The highest BCUT2D eigenvalue weighted by Gasteiger charge is 2.46. The molecule has 30 heavy (non-hydrogen) atoms. The van der Waals surface area contributed by atoms with Crippen LogP contribution in [0.25, 0.3) is 11.0 Å². The predicted molar refractivity (Wildman–Crippen MR) is 97.6 cm³/mol. The van der Waals surface area contributed by atoms with Crippen molar-refractivity contribution in [2.24, 2.45) is 0 Å². The quantitative estimate of drug-likeness (QED) is 0.315. The van der Waals surface area contributed by atoms with Crippen LogP contribution in [0.15, 0.2) is 21.3 Å². The first-order chi connectivity index (χ1) is 14.2. The zero-order valence-electron chi connectivity index (χ0n) is 15.6. The number of hydrogen-bond donors (Lipinski definition) is 7. The molecule has 7 unspecified atom stereocenters. The Bertz CT molecular complexity index is 1000. The fourth-order valence-electron chi connectivity index (χ4n) is 3.93. The summed E-state index contributed by atoms with van der Waals surface area (Å²) in [4.78, 5) is 12.9. The molecule has 2 aromatic rings. The Hall–Kier alpha value is -2.25. The molecule has 1 saturated heterocycles. The Morgan fingerprint density at radius 2 is 1.77 bits per heavy atom. The number of aliphatic hydroxyl groups is 5. The Morgan fingerprint density at radius 3 is 2.47 bits per heavy atom. The molecule has 164 valence electrons. The Kier molecular flexibility index (Phi) is 5.45. The molecular formula is C19H22O11. The number of aliphatic hydroxyl groups excluding tert-OH is 5. The first-order valence-electron chi connectivity index (χ1n) is 9.39. The van der Waals surface area contributed by atoms with Crippen LogP contribution in [0.5, 0.6) is 11.5 Å². The van der Waals surface area contributed by atoms with Crippen LogP contribution in [0.4, 0.5) is 0 Å².